The molecule has 0 spiro atoms. The Bertz CT molecular complexity index is 1940. The Morgan fingerprint density at radius 1 is 0.543 bits per heavy atom. The van der Waals surface area contributed by atoms with Gasteiger partial charge in [0.1, 0.15) is 67.1 Å². The van der Waals surface area contributed by atoms with Crippen LogP contribution in [0.3, 0.4) is 0 Å². The molecule has 0 aromatic carbocycles. The van der Waals surface area contributed by atoms with Gasteiger partial charge in [-0.15, -0.1) is 0 Å². The summed E-state index contributed by atoms with van der Waals surface area (Å²) in [5.74, 6) is -6.10. The predicted octanol–water partition coefficient (Wildman–Crippen LogP) is 7.85. The number of aliphatic carboxylic acids is 1. The lowest BCUT2D eigenvalue weighted by atomic mass is 9.88. The third kappa shape index (κ3) is 33.1. The smallest absolute Gasteiger partial charge is 0.364 e. The number of hydrogen-bond acceptors (Lipinski definition) is 20. The minimum absolute atomic E-state index is 0.225. The number of carbonyl (C=O) groups excluding carboxylic acids is 2. The van der Waals surface area contributed by atoms with Crippen LogP contribution in [-0.4, -0.2) is 215 Å². The van der Waals surface area contributed by atoms with Gasteiger partial charge >= 0.3 is 5.97 Å². The van der Waals surface area contributed by atoms with Crippen molar-refractivity contribution in [1.82, 2.24) is 10.6 Å². The Morgan fingerprint density at radius 3 is 1.44 bits per heavy atom. The summed E-state index contributed by atoms with van der Waals surface area (Å²) in [6.45, 7) is 2.22. The van der Waals surface area contributed by atoms with Crippen LogP contribution in [0.15, 0.2) is 12.2 Å². The topological polar surface area (TPSA) is 373 Å². The molecule has 18 atom stereocenters. The Hall–Kier alpha value is -2.53. The molecule has 3 rings (SSSR count). The van der Waals surface area contributed by atoms with Crippen LogP contribution in [0.4, 0.5) is 0 Å². The first kappa shape index (κ1) is 85.7. The van der Waals surface area contributed by atoms with E-state index in [1.54, 1.807) is 0 Å². The van der Waals surface area contributed by atoms with Crippen molar-refractivity contribution in [2.24, 2.45) is 0 Å². The highest BCUT2D eigenvalue weighted by Crippen LogP contribution is 2.39. The first-order valence-electron chi connectivity index (χ1n) is 37.0. The first-order valence-corrected chi connectivity index (χ1v) is 37.0. The van der Waals surface area contributed by atoms with Crippen molar-refractivity contribution in [3.63, 3.8) is 0 Å². The third-order valence-corrected chi connectivity index (χ3v) is 19.0. The molecular formula is C71H132N2O21. The second-order valence-electron chi connectivity index (χ2n) is 27.2. The fourth-order valence-corrected chi connectivity index (χ4v) is 13.1. The average Bonchev–Trinajstić information content (AvgIpc) is 0.766. The average molecular weight is 1350 g/mol. The molecular weight excluding hydrogens is 1220 g/mol. The van der Waals surface area contributed by atoms with E-state index in [9.17, 15) is 75.7 Å². The van der Waals surface area contributed by atoms with E-state index in [1.807, 2.05) is 0 Å². The molecule has 3 saturated heterocycles. The second-order valence-corrected chi connectivity index (χ2v) is 27.2. The lowest BCUT2D eigenvalue weighted by Gasteiger charge is -2.50. The molecule has 3 heterocycles. The number of aliphatic hydroxyl groups is 11. The molecule has 3 aliphatic rings. The van der Waals surface area contributed by atoms with Crippen molar-refractivity contribution in [2.45, 2.75) is 394 Å². The van der Waals surface area contributed by atoms with Crippen LogP contribution in [0.2, 0.25) is 0 Å². The van der Waals surface area contributed by atoms with Gasteiger partial charge in [-0.3, -0.25) is 9.59 Å². The summed E-state index contributed by atoms with van der Waals surface area (Å²) >= 11 is 0. The Labute approximate surface area is 562 Å². The monoisotopic (exact) mass is 1350 g/mol. The molecule has 23 heteroatoms. The van der Waals surface area contributed by atoms with Gasteiger partial charge in [0.15, 0.2) is 12.6 Å². The fraction of sp³-hybridized carbons (Fsp3) is 0.930. The standard InChI is InChI=1S/C71H132N2O21/c1-4-6-8-10-12-14-16-18-19-20-21-22-23-24-25-26-27-28-29-30-31-33-35-37-39-41-43-45-58(81)73-52(53(78)44-42-40-38-36-34-32-17-15-13-11-9-7-5-2)50-89-68-63(85)62(84)65(57(49-76)91-68)92-69-64(86)67(61(83)56(48-75)90-69)94-71(70(87)88)46-54(79)59(72-51(3)77)66(93-71)60(82)55(80)47-74/h24-25,52-57,59-69,74-76,78-80,82-86H,4-23,26-50H2,1-3H3,(H,72,77)(H,73,81)(H,87,88)/b25-24-. The molecule has 0 aliphatic carbocycles. The summed E-state index contributed by atoms with van der Waals surface area (Å²) in [5.41, 5.74) is 0. The van der Waals surface area contributed by atoms with Crippen molar-refractivity contribution < 1.29 is 104 Å². The Morgan fingerprint density at radius 2 is 0.989 bits per heavy atom. The summed E-state index contributed by atoms with van der Waals surface area (Å²) < 4.78 is 34.9. The van der Waals surface area contributed by atoms with Crippen LogP contribution in [0.1, 0.15) is 284 Å². The summed E-state index contributed by atoms with van der Waals surface area (Å²) in [7, 11) is 0. The van der Waals surface area contributed by atoms with Crippen molar-refractivity contribution in [2.75, 3.05) is 26.4 Å². The zero-order valence-corrected chi connectivity index (χ0v) is 57.8. The summed E-state index contributed by atoms with van der Waals surface area (Å²) in [6.07, 6.45) is 22.2. The number of aliphatic hydroxyl groups excluding tert-OH is 11. The number of carboxylic acids is 1. The maximum Gasteiger partial charge on any atom is 0.364 e. The van der Waals surface area contributed by atoms with Crippen LogP contribution in [0.5, 0.6) is 0 Å². The van der Waals surface area contributed by atoms with Gasteiger partial charge in [-0.2, -0.15) is 0 Å². The van der Waals surface area contributed by atoms with Crippen molar-refractivity contribution in [3.8, 4) is 0 Å². The number of nitrogens with one attached hydrogen (secondary N) is 2. The van der Waals surface area contributed by atoms with Crippen molar-refractivity contribution >= 4 is 17.8 Å². The number of hydrogen-bond donors (Lipinski definition) is 14. The van der Waals surface area contributed by atoms with Gasteiger partial charge in [-0.25, -0.2) is 4.79 Å². The van der Waals surface area contributed by atoms with Crippen LogP contribution in [0, 0.1) is 0 Å². The maximum absolute atomic E-state index is 13.5. The Kier molecular flexibility index (Phi) is 47.0. The first-order chi connectivity index (χ1) is 45.4. The maximum atomic E-state index is 13.5. The largest absolute Gasteiger partial charge is 0.477 e. The minimum atomic E-state index is -3.08. The van der Waals surface area contributed by atoms with E-state index in [4.69, 9.17) is 28.4 Å². The molecule has 0 aromatic rings. The molecule has 18 unspecified atom stereocenters. The van der Waals surface area contributed by atoms with E-state index in [-0.39, 0.29) is 18.9 Å². The summed E-state index contributed by atoms with van der Waals surface area (Å²) in [5, 5.41) is 136. The Balaban J connectivity index is 1.52. The van der Waals surface area contributed by atoms with E-state index >= 15 is 0 Å². The summed E-state index contributed by atoms with van der Waals surface area (Å²) in [6, 6.07) is -2.53. The zero-order chi connectivity index (χ0) is 68.9. The number of rotatable bonds is 57. The number of carboxylic acid groups (broad SMARTS) is 1. The minimum Gasteiger partial charge on any atom is -0.477 e. The molecule has 3 fully saturated rings. The van der Waals surface area contributed by atoms with E-state index in [0.717, 1.165) is 58.3 Å². The van der Waals surface area contributed by atoms with Gasteiger partial charge in [0, 0.05) is 19.8 Å². The molecule has 14 N–H and O–H groups in total. The number of amides is 2. The molecule has 0 radical (unpaired) electrons. The van der Waals surface area contributed by atoms with Crippen LogP contribution in [0.25, 0.3) is 0 Å². The van der Waals surface area contributed by atoms with Gasteiger partial charge in [0.05, 0.1) is 50.7 Å². The number of ether oxygens (including phenoxy) is 6. The molecule has 3 aliphatic heterocycles. The fourth-order valence-electron chi connectivity index (χ4n) is 13.1. The summed E-state index contributed by atoms with van der Waals surface area (Å²) in [4.78, 5) is 38.6. The van der Waals surface area contributed by atoms with E-state index < -0.39 is 148 Å². The lowest BCUT2D eigenvalue weighted by molar-refractivity contribution is -0.386. The van der Waals surface area contributed by atoms with Crippen molar-refractivity contribution in [3.05, 3.63) is 12.2 Å². The highest BCUT2D eigenvalue weighted by molar-refractivity contribution is 5.77. The van der Waals surface area contributed by atoms with Crippen LogP contribution >= 0.6 is 0 Å². The van der Waals surface area contributed by atoms with Crippen LogP contribution < -0.4 is 10.6 Å². The highest BCUT2D eigenvalue weighted by Gasteiger charge is 2.60. The highest BCUT2D eigenvalue weighted by atomic mass is 16.8. The van der Waals surface area contributed by atoms with E-state index in [2.05, 4.69) is 36.6 Å². The van der Waals surface area contributed by atoms with E-state index in [0.29, 0.717) is 19.3 Å². The molecule has 23 nitrogen and oxygen atoms in total. The molecule has 94 heavy (non-hydrogen) atoms. The van der Waals surface area contributed by atoms with E-state index in [1.165, 1.54) is 180 Å². The van der Waals surface area contributed by atoms with Gasteiger partial charge in [0.25, 0.3) is 5.79 Å². The number of unbranched alkanes of at least 4 members (excludes halogenated alkanes) is 35. The normalized spacial score (nSPS) is 27.9. The zero-order valence-electron chi connectivity index (χ0n) is 57.8. The lowest BCUT2D eigenvalue weighted by Crippen LogP contribution is -2.70. The number of carbonyl (C=O) groups is 3. The van der Waals surface area contributed by atoms with Gasteiger partial charge in [-0.05, 0) is 38.5 Å². The third-order valence-electron chi connectivity index (χ3n) is 19.0. The molecule has 0 aromatic heterocycles. The number of allylic oxidation sites excluding steroid dienone is 2. The second kappa shape index (κ2) is 51.6. The van der Waals surface area contributed by atoms with Gasteiger partial charge < -0.3 is 100 Å². The molecule has 2 amide bonds. The molecule has 552 valence electrons. The molecule has 0 saturated carbocycles. The van der Waals surface area contributed by atoms with Crippen molar-refractivity contribution in [1.29, 1.82) is 0 Å². The quantitative estimate of drug-likeness (QED) is 0.0203. The predicted molar refractivity (Wildman–Crippen MR) is 357 cm³/mol. The SMILES string of the molecule is CCCCCCCCCCCCCC/C=C\CCCCCCCCCCCCCC(=O)NC(COC1OC(CO)C(OC2OC(CO)C(O)C(OC3(C(=O)O)CC(O)C(NC(C)=O)C(C(O)C(O)CO)O3)C2O)C(O)C1O)C(O)CCCCCCCCCCCCCCC. The molecule has 0 bridgehead atoms. The van der Waals surface area contributed by atoms with Gasteiger partial charge in [-0.1, -0.05) is 238 Å². The van der Waals surface area contributed by atoms with Crippen LogP contribution in [-0.2, 0) is 42.8 Å². The van der Waals surface area contributed by atoms with Gasteiger partial charge in [0.2, 0.25) is 11.8 Å².